The average molecular weight is 446 g/mol. The highest BCUT2D eigenvalue weighted by Gasteiger charge is 2.29. The Morgan fingerprint density at radius 1 is 0.970 bits per heavy atom. The topological polar surface area (TPSA) is 71.0 Å². The third-order valence-corrected chi connectivity index (χ3v) is 5.86. The van der Waals surface area contributed by atoms with E-state index in [1.165, 1.54) is 16.7 Å². The van der Waals surface area contributed by atoms with Crippen LogP contribution in [-0.4, -0.2) is 35.3 Å². The average Bonchev–Trinajstić information content (AvgIpc) is 2.84. The third-order valence-electron chi connectivity index (χ3n) is 5.86. The Kier molecular flexibility index (Phi) is 7.79. The van der Waals surface area contributed by atoms with Gasteiger partial charge in [-0.3, -0.25) is 0 Å². The van der Waals surface area contributed by atoms with Crippen LogP contribution in [-0.2, 0) is 11.2 Å². The molecule has 0 spiro atoms. The number of rotatable bonds is 8. The molecule has 3 N–H and O–H groups in total. The van der Waals surface area contributed by atoms with Crippen LogP contribution < -0.4 is 10.1 Å². The van der Waals surface area contributed by atoms with Crippen LogP contribution in [0, 0.1) is 6.92 Å². The van der Waals surface area contributed by atoms with Gasteiger partial charge in [0, 0.05) is 24.1 Å². The summed E-state index contributed by atoms with van der Waals surface area (Å²) in [6, 6.07) is 24.8. The minimum Gasteiger partial charge on any atom is -0.464 e. The fourth-order valence-corrected chi connectivity index (χ4v) is 3.99. The molecule has 0 unspecified atom stereocenters. The molecule has 1 saturated heterocycles. The number of hydrogen-bond acceptors (Lipinski definition) is 5. The Balaban J connectivity index is 1.33. The van der Waals surface area contributed by atoms with E-state index in [0.717, 1.165) is 17.7 Å². The minimum absolute atomic E-state index is 0.128. The van der Waals surface area contributed by atoms with Gasteiger partial charge in [0.1, 0.15) is 5.75 Å². The van der Waals surface area contributed by atoms with Crippen molar-refractivity contribution in [1.29, 1.82) is 0 Å². The second kappa shape index (κ2) is 11.1. The predicted molar refractivity (Wildman–Crippen MR) is 131 cm³/mol. The second-order valence-corrected chi connectivity index (χ2v) is 8.36. The zero-order valence-electron chi connectivity index (χ0n) is 18.9. The largest absolute Gasteiger partial charge is 0.464 e. The van der Waals surface area contributed by atoms with Gasteiger partial charge in [-0.25, -0.2) is 0 Å². The third kappa shape index (κ3) is 6.23. The Morgan fingerprint density at radius 2 is 1.73 bits per heavy atom. The standard InChI is InChI=1S/C28H31NO4/c1-20-26(10-5-11-27(20)33-28-18-24(31)17-25(19-30)32-28)29-16-6-7-21-12-14-23(15-13-21)22-8-3-2-4-9-22/h2-6,8-16,24-25,28-31H,7,17-19H2,1H3/b16-6+/t24-,25-,28-/m0/s1. The second-order valence-electron chi connectivity index (χ2n) is 8.36. The maximum Gasteiger partial charge on any atom is 0.202 e. The van der Waals surface area contributed by atoms with Crippen molar-refractivity contribution in [3.63, 3.8) is 0 Å². The molecule has 1 aliphatic rings. The molecule has 1 fully saturated rings. The fourth-order valence-electron chi connectivity index (χ4n) is 3.99. The van der Waals surface area contributed by atoms with E-state index in [2.05, 4.69) is 59.9 Å². The van der Waals surface area contributed by atoms with Crippen LogP contribution in [0.4, 0.5) is 5.69 Å². The van der Waals surface area contributed by atoms with Gasteiger partial charge in [-0.2, -0.15) is 0 Å². The lowest BCUT2D eigenvalue weighted by molar-refractivity contribution is -0.184. The quantitative estimate of drug-likeness (QED) is 0.452. The van der Waals surface area contributed by atoms with Gasteiger partial charge in [-0.15, -0.1) is 0 Å². The fraction of sp³-hybridized carbons (Fsp3) is 0.286. The molecule has 0 aliphatic carbocycles. The molecule has 3 atom stereocenters. The molecule has 0 bridgehead atoms. The number of ether oxygens (including phenoxy) is 2. The van der Waals surface area contributed by atoms with E-state index in [4.69, 9.17) is 9.47 Å². The lowest BCUT2D eigenvalue weighted by Crippen LogP contribution is -2.40. The van der Waals surface area contributed by atoms with Crippen LogP contribution in [0.2, 0.25) is 0 Å². The SMILES string of the molecule is Cc1c(N/C=C/Cc2ccc(-c3ccccc3)cc2)cccc1O[C@H]1C[C@@H](O)C[C@@H](CO)O1. The van der Waals surface area contributed by atoms with E-state index in [9.17, 15) is 10.2 Å². The first-order valence-corrected chi connectivity index (χ1v) is 11.4. The van der Waals surface area contributed by atoms with Gasteiger partial charge in [0.2, 0.25) is 6.29 Å². The van der Waals surface area contributed by atoms with Gasteiger partial charge in [-0.05, 0) is 48.4 Å². The van der Waals surface area contributed by atoms with Gasteiger partial charge in [0.15, 0.2) is 0 Å². The van der Waals surface area contributed by atoms with Crippen molar-refractivity contribution in [2.75, 3.05) is 11.9 Å². The van der Waals surface area contributed by atoms with Crippen LogP contribution in [0.1, 0.15) is 24.0 Å². The number of allylic oxidation sites excluding steroid dienone is 1. The van der Waals surface area contributed by atoms with Crippen LogP contribution in [0.5, 0.6) is 5.75 Å². The molecule has 33 heavy (non-hydrogen) atoms. The maximum atomic E-state index is 10.0. The summed E-state index contributed by atoms with van der Waals surface area (Å²) in [7, 11) is 0. The number of benzene rings is 3. The molecule has 1 aliphatic heterocycles. The van der Waals surface area contributed by atoms with Gasteiger partial charge in [0.25, 0.3) is 0 Å². The number of aliphatic hydroxyl groups is 2. The van der Waals surface area contributed by atoms with Gasteiger partial charge in [0.05, 0.1) is 18.8 Å². The lowest BCUT2D eigenvalue weighted by Gasteiger charge is -2.32. The summed E-state index contributed by atoms with van der Waals surface area (Å²) >= 11 is 0. The number of aliphatic hydroxyl groups excluding tert-OH is 2. The predicted octanol–water partition coefficient (Wildman–Crippen LogP) is 5.07. The van der Waals surface area contributed by atoms with Crippen molar-refractivity contribution in [2.45, 2.75) is 44.7 Å². The summed E-state index contributed by atoms with van der Waals surface area (Å²) in [5.41, 5.74) is 5.58. The Labute approximate surface area is 195 Å². The summed E-state index contributed by atoms with van der Waals surface area (Å²) in [5.74, 6) is 0.695. The van der Waals surface area contributed by atoms with Crippen LogP contribution in [0.25, 0.3) is 11.1 Å². The number of hydrogen-bond donors (Lipinski definition) is 3. The van der Waals surface area contributed by atoms with Gasteiger partial charge in [-0.1, -0.05) is 66.7 Å². The summed E-state index contributed by atoms with van der Waals surface area (Å²) in [4.78, 5) is 0. The number of anilines is 1. The molecule has 0 aromatic heterocycles. The highest BCUT2D eigenvalue weighted by molar-refractivity contribution is 5.63. The first-order chi connectivity index (χ1) is 16.1. The summed E-state index contributed by atoms with van der Waals surface area (Å²) in [5, 5.41) is 22.7. The van der Waals surface area contributed by atoms with Crippen LogP contribution >= 0.6 is 0 Å². The van der Waals surface area contributed by atoms with Crippen molar-refractivity contribution in [3.8, 4) is 16.9 Å². The van der Waals surface area contributed by atoms with Crippen molar-refractivity contribution in [2.24, 2.45) is 0 Å². The van der Waals surface area contributed by atoms with E-state index in [1.54, 1.807) is 0 Å². The highest BCUT2D eigenvalue weighted by Crippen LogP contribution is 2.29. The van der Waals surface area contributed by atoms with Crippen LogP contribution in [0.15, 0.2) is 85.1 Å². The maximum absolute atomic E-state index is 10.0. The highest BCUT2D eigenvalue weighted by atomic mass is 16.7. The van der Waals surface area contributed by atoms with Crippen molar-refractivity contribution in [1.82, 2.24) is 0 Å². The molecule has 3 aromatic carbocycles. The zero-order valence-corrected chi connectivity index (χ0v) is 18.9. The first kappa shape index (κ1) is 23.1. The normalized spacial score (nSPS) is 20.6. The molecule has 0 saturated carbocycles. The number of nitrogens with one attached hydrogen (secondary N) is 1. The summed E-state index contributed by atoms with van der Waals surface area (Å²) < 4.78 is 11.7. The Hall–Kier alpha value is -3.12. The molecule has 172 valence electrons. The Bertz CT molecular complexity index is 1050. The van der Waals surface area contributed by atoms with E-state index >= 15 is 0 Å². The van der Waals surface area contributed by atoms with Crippen molar-refractivity contribution < 1.29 is 19.7 Å². The summed E-state index contributed by atoms with van der Waals surface area (Å²) in [6.07, 6.45) is 4.17. The molecule has 5 nitrogen and oxygen atoms in total. The molecule has 3 aromatic rings. The lowest BCUT2D eigenvalue weighted by atomic mass is 10.0. The minimum atomic E-state index is -0.575. The molecule has 4 rings (SSSR count). The smallest absolute Gasteiger partial charge is 0.202 e. The van der Waals surface area contributed by atoms with Gasteiger partial charge >= 0.3 is 0 Å². The molecular formula is C28H31NO4. The molecule has 5 heteroatoms. The molecule has 0 radical (unpaired) electrons. The van der Waals surface area contributed by atoms with E-state index in [0.29, 0.717) is 18.6 Å². The monoisotopic (exact) mass is 445 g/mol. The van der Waals surface area contributed by atoms with E-state index in [1.807, 2.05) is 37.4 Å². The van der Waals surface area contributed by atoms with E-state index in [-0.39, 0.29) is 6.61 Å². The Morgan fingerprint density at radius 3 is 2.48 bits per heavy atom. The molecule has 0 amide bonds. The van der Waals surface area contributed by atoms with E-state index < -0.39 is 18.5 Å². The van der Waals surface area contributed by atoms with Gasteiger partial charge < -0.3 is 25.0 Å². The molecular weight excluding hydrogens is 414 g/mol. The molecule has 1 heterocycles. The summed E-state index contributed by atoms with van der Waals surface area (Å²) in [6.45, 7) is 1.86. The zero-order chi connectivity index (χ0) is 23.0. The van der Waals surface area contributed by atoms with Crippen LogP contribution in [0.3, 0.4) is 0 Å². The first-order valence-electron chi connectivity index (χ1n) is 11.4. The van der Waals surface area contributed by atoms with Crippen molar-refractivity contribution >= 4 is 5.69 Å². The van der Waals surface area contributed by atoms with Crippen molar-refractivity contribution in [3.05, 3.63) is 96.2 Å².